The van der Waals surface area contributed by atoms with Crippen LogP contribution in [0.15, 0.2) is 29.2 Å². The van der Waals surface area contributed by atoms with E-state index in [9.17, 15) is 21.2 Å². The highest BCUT2D eigenvalue weighted by atomic mass is 32.2. The van der Waals surface area contributed by atoms with Crippen LogP contribution in [0.1, 0.15) is 12.8 Å². The maximum atomic E-state index is 13.1. The van der Waals surface area contributed by atoms with Crippen LogP contribution in [0.3, 0.4) is 0 Å². The van der Waals surface area contributed by atoms with Crippen molar-refractivity contribution in [1.29, 1.82) is 0 Å². The molecule has 1 aromatic rings. The van der Waals surface area contributed by atoms with Crippen LogP contribution >= 0.6 is 0 Å². The molecule has 0 amide bonds. The molecule has 2 fully saturated rings. The molecule has 1 N–H and O–H groups in total. The highest BCUT2D eigenvalue weighted by molar-refractivity contribution is 7.90. The first-order chi connectivity index (χ1) is 11.8. The summed E-state index contributed by atoms with van der Waals surface area (Å²) in [4.78, 5) is -0.0135. The van der Waals surface area contributed by atoms with Crippen molar-refractivity contribution in [2.24, 2.45) is 0 Å². The van der Waals surface area contributed by atoms with Crippen molar-refractivity contribution in [3.8, 4) is 0 Å². The second-order valence-electron chi connectivity index (χ2n) is 6.27. The smallest absolute Gasteiger partial charge is 0.243 e. The number of benzene rings is 1. The van der Waals surface area contributed by atoms with E-state index in [0.29, 0.717) is 39.0 Å². The first kappa shape index (κ1) is 18.7. The molecule has 1 aliphatic carbocycles. The van der Waals surface area contributed by atoms with E-state index in [2.05, 4.69) is 5.32 Å². The monoisotopic (exact) mass is 391 g/mol. The van der Waals surface area contributed by atoms with Crippen molar-refractivity contribution in [2.75, 3.05) is 38.5 Å². The summed E-state index contributed by atoms with van der Waals surface area (Å²) in [6, 6.07) is 4.44. The first-order valence-corrected chi connectivity index (χ1v) is 11.3. The SMILES string of the molecule is O=S(=O)(CCN(C1CC1)S(=O)(=O)c1ccc(F)cc1)N1CCNCC1. The van der Waals surface area contributed by atoms with Crippen LogP contribution in [-0.2, 0) is 20.0 Å². The van der Waals surface area contributed by atoms with Gasteiger partial charge in [0.1, 0.15) is 5.82 Å². The molecule has 1 heterocycles. The Morgan fingerprint density at radius 1 is 1.08 bits per heavy atom. The Kier molecular flexibility index (Phi) is 5.45. The third kappa shape index (κ3) is 4.37. The van der Waals surface area contributed by atoms with Crippen LogP contribution in [0.4, 0.5) is 4.39 Å². The number of nitrogens with one attached hydrogen (secondary N) is 1. The number of hydrogen-bond acceptors (Lipinski definition) is 5. The van der Waals surface area contributed by atoms with E-state index in [1.807, 2.05) is 0 Å². The van der Waals surface area contributed by atoms with E-state index < -0.39 is 25.9 Å². The van der Waals surface area contributed by atoms with Gasteiger partial charge in [0, 0.05) is 38.8 Å². The fourth-order valence-electron chi connectivity index (χ4n) is 2.86. The average molecular weight is 391 g/mol. The lowest BCUT2D eigenvalue weighted by molar-refractivity contribution is 0.355. The van der Waals surface area contributed by atoms with Gasteiger partial charge in [-0.1, -0.05) is 0 Å². The summed E-state index contributed by atoms with van der Waals surface area (Å²) in [6.07, 6.45) is 1.43. The zero-order valence-electron chi connectivity index (χ0n) is 13.8. The van der Waals surface area contributed by atoms with Crippen LogP contribution < -0.4 is 5.32 Å². The van der Waals surface area contributed by atoms with Crippen LogP contribution in [0, 0.1) is 5.82 Å². The van der Waals surface area contributed by atoms with E-state index in [1.165, 1.54) is 20.7 Å². The Balaban J connectivity index is 1.74. The molecular formula is C15H22FN3O4S2. The predicted octanol–water partition coefficient (Wildman–Crippen LogP) is 0.214. The van der Waals surface area contributed by atoms with E-state index in [0.717, 1.165) is 12.1 Å². The topological polar surface area (TPSA) is 86.8 Å². The Morgan fingerprint density at radius 2 is 1.68 bits per heavy atom. The van der Waals surface area contributed by atoms with Crippen molar-refractivity contribution >= 4 is 20.0 Å². The molecule has 3 rings (SSSR count). The number of nitrogens with zero attached hydrogens (tertiary/aromatic N) is 2. The van der Waals surface area contributed by atoms with Gasteiger partial charge in [-0.3, -0.25) is 0 Å². The molecule has 1 aromatic carbocycles. The lowest BCUT2D eigenvalue weighted by atomic mass is 10.4. The van der Waals surface area contributed by atoms with Gasteiger partial charge in [-0.25, -0.2) is 21.2 Å². The van der Waals surface area contributed by atoms with Gasteiger partial charge in [-0.2, -0.15) is 8.61 Å². The van der Waals surface area contributed by atoms with Crippen molar-refractivity contribution in [1.82, 2.24) is 13.9 Å². The van der Waals surface area contributed by atoms with Gasteiger partial charge in [0.2, 0.25) is 20.0 Å². The fraction of sp³-hybridized carbons (Fsp3) is 0.600. The molecule has 7 nitrogen and oxygen atoms in total. The summed E-state index contributed by atoms with van der Waals surface area (Å²) >= 11 is 0. The largest absolute Gasteiger partial charge is 0.314 e. The molecule has 1 saturated heterocycles. The molecule has 0 spiro atoms. The van der Waals surface area contributed by atoms with E-state index >= 15 is 0 Å². The minimum absolute atomic E-state index is 0.0135. The summed E-state index contributed by atoms with van der Waals surface area (Å²) in [5.41, 5.74) is 0. The van der Waals surface area contributed by atoms with Gasteiger partial charge in [0.05, 0.1) is 10.6 Å². The zero-order valence-corrected chi connectivity index (χ0v) is 15.4. The molecule has 1 saturated carbocycles. The molecule has 0 aromatic heterocycles. The standard InChI is InChI=1S/C15H22FN3O4S2/c16-13-1-5-15(6-2-13)25(22,23)19(14-3-4-14)11-12-24(20,21)18-9-7-17-8-10-18/h1-2,5-6,14,17H,3-4,7-12H2. The van der Waals surface area contributed by atoms with E-state index in [-0.39, 0.29) is 23.2 Å². The first-order valence-electron chi connectivity index (χ1n) is 8.27. The second-order valence-corrected chi connectivity index (χ2v) is 10.2. The molecule has 0 bridgehead atoms. The molecule has 140 valence electrons. The van der Waals surface area contributed by atoms with Gasteiger partial charge in [-0.15, -0.1) is 0 Å². The lowest BCUT2D eigenvalue weighted by Crippen LogP contribution is -2.48. The van der Waals surface area contributed by atoms with Crippen molar-refractivity contribution in [2.45, 2.75) is 23.8 Å². The number of piperazine rings is 1. The van der Waals surface area contributed by atoms with Gasteiger partial charge >= 0.3 is 0 Å². The van der Waals surface area contributed by atoms with Crippen LogP contribution in [-0.4, -0.2) is 70.0 Å². The quantitative estimate of drug-likeness (QED) is 0.718. The summed E-state index contributed by atoms with van der Waals surface area (Å²) in [7, 11) is -7.34. The Bertz CT molecular complexity index is 802. The van der Waals surface area contributed by atoms with E-state index in [1.54, 1.807) is 0 Å². The highest BCUT2D eigenvalue weighted by Gasteiger charge is 2.39. The van der Waals surface area contributed by atoms with E-state index in [4.69, 9.17) is 0 Å². The van der Waals surface area contributed by atoms with Crippen LogP contribution in [0.5, 0.6) is 0 Å². The number of halogens is 1. The second kappa shape index (κ2) is 7.28. The Hall–Kier alpha value is -1.07. The molecule has 10 heteroatoms. The summed E-state index contributed by atoms with van der Waals surface area (Å²) in [6.45, 7) is 1.91. The predicted molar refractivity (Wildman–Crippen MR) is 91.5 cm³/mol. The Morgan fingerprint density at radius 3 is 2.24 bits per heavy atom. The van der Waals surface area contributed by atoms with Gasteiger partial charge < -0.3 is 5.32 Å². The summed E-state index contributed by atoms with van der Waals surface area (Å²) in [5, 5.41) is 3.09. The number of hydrogen-bond donors (Lipinski definition) is 1. The number of rotatable bonds is 7. The molecule has 25 heavy (non-hydrogen) atoms. The maximum Gasteiger partial charge on any atom is 0.243 e. The van der Waals surface area contributed by atoms with Crippen LogP contribution in [0.25, 0.3) is 0 Å². The van der Waals surface area contributed by atoms with Gasteiger partial charge in [-0.05, 0) is 37.1 Å². The summed E-state index contributed by atoms with van der Waals surface area (Å²) in [5.74, 6) is -0.762. The third-order valence-electron chi connectivity index (χ3n) is 4.41. The molecule has 1 aliphatic heterocycles. The molecule has 0 radical (unpaired) electrons. The van der Waals surface area contributed by atoms with Crippen molar-refractivity contribution in [3.63, 3.8) is 0 Å². The average Bonchev–Trinajstić information content (AvgIpc) is 3.41. The molecule has 0 atom stereocenters. The van der Waals surface area contributed by atoms with Crippen molar-refractivity contribution in [3.05, 3.63) is 30.1 Å². The fourth-order valence-corrected chi connectivity index (χ4v) is 6.09. The minimum atomic E-state index is -3.84. The maximum absolute atomic E-state index is 13.1. The normalized spacial score (nSPS) is 20.1. The molecular weight excluding hydrogens is 369 g/mol. The lowest BCUT2D eigenvalue weighted by Gasteiger charge is -2.28. The van der Waals surface area contributed by atoms with Gasteiger partial charge in [0.15, 0.2) is 0 Å². The molecule has 0 unspecified atom stereocenters. The minimum Gasteiger partial charge on any atom is -0.314 e. The highest BCUT2D eigenvalue weighted by Crippen LogP contribution is 2.32. The van der Waals surface area contributed by atoms with Crippen LogP contribution in [0.2, 0.25) is 0 Å². The summed E-state index contributed by atoms with van der Waals surface area (Å²) < 4.78 is 66.3. The number of sulfonamides is 2. The van der Waals surface area contributed by atoms with Crippen molar-refractivity contribution < 1.29 is 21.2 Å². The Labute approximate surface area is 147 Å². The zero-order chi connectivity index (χ0) is 18.1. The third-order valence-corrected chi connectivity index (χ3v) is 8.23. The molecule has 2 aliphatic rings. The van der Waals surface area contributed by atoms with Gasteiger partial charge in [0.25, 0.3) is 0 Å².